The normalized spacial score (nSPS) is 18.4. The van der Waals surface area contributed by atoms with Gasteiger partial charge in [-0.2, -0.15) is 4.37 Å². The van der Waals surface area contributed by atoms with Crippen molar-refractivity contribution in [3.05, 3.63) is 5.82 Å². The van der Waals surface area contributed by atoms with Crippen LogP contribution in [0.3, 0.4) is 0 Å². The first kappa shape index (κ1) is 15.5. The smallest absolute Gasteiger partial charge is 0.251 e. The number of anilines is 1. The van der Waals surface area contributed by atoms with E-state index in [1.807, 2.05) is 23.9 Å². The van der Waals surface area contributed by atoms with E-state index in [4.69, 9.17) is 0 Å². The van der Waals surface area contributed by atoms with Gasteiger partial charge in [0, 0.05) is 38.7 Å². The summed E-state index contributed by atoms with van der Waals surface area (Å²) in [6, 6.07) is 0. The molecule has 0 saturated carbocycles. The van der Waals surface area contributed by atoms with Crippen molar-refractivity contribution in [3.63, 3.8) is 0 Å². The number of alkyl halides is 2. The van der Waals surface area contributed by atoms with E-state index in [0.717, 1.165) is 37.0 Å². The summed E-state index contributed by atoms with van der Waals surface area (Å²) in [7, 11) is 3.89. The maximum Gasteiger partial charge on any atom is 0.251 e. The third kappa shape index (κ3) is 4.60. The van der Waals surface area contributed by atoms with Crippen LogP contribution in [0.2, 0.25) is 0 Å². The number of nitrogens with zero attached hydrogens (tertiary/aromatic N) is 5. The van der Waals surface area contributed by atoms with Crippen LogP contribution in [-0.2, 0) is 6.54 Å². The molecular formula is C12H21F2N5S. The second-order valence-electron chi connectivity index (χ2n) is 5.21. The molecule has 114 valence electrons. The average Bonchev–Trinajstić information content (AvgIpc) is 2.73. The molecule has 0 aromatic carbocycles. The number of rotatable bonds is 5. The zero-order valence-electron chi connectivity index (χ0n) is 11.9. The molecule has 1 saturated heterocycles. The summed E-state index contributed by atoms with van der Waals surface area (Å²) in [5.41, 5.74) is 0. The molecule has 1 aromatic heterocycles. The van der Waals surface area contributed by atoms with E-state index in [1.54, 1.807) is 0 Å². The summed E-state index contributed by atoms with van der Waals surface area (Å²) >= 11 is 1.39. The zero-order chi connectivity index (χ0) is 14.5. The quantitative estimate of drug-likeness (QED) is 0.821. The highest BCUT2D eigenvalue weighted by atomic mass is 32.1. The van der Waals surface area contributed by atoms with E-state index in [1.165, 1.54) is 11.5 Å². The van der Waals surface area contributed by atoms with E-state index in [0.29, 0.717) is 13.1 Å². The van der Waals surface area contributed by atoms with Crippen molar-refractivity contribution in [2.45, 2.75) is 19.4 Å². The Hall–Kier alpha value is -0.860. The molecule has 0 N–H and O–H groups in total. The lowest BCUT2D eigenvalue weighted by molar-refractivity contribution is 0.0897. The van der Waals surface area contributed by atoms with Gasteiger partial charge in [-0.05, 0) is 19.5 Å². The highest BCUT2D eigenvalue weighted by Gasteiger charge is 2.19. The molecule has 8 heteroatoms. The SMILES string of the molecule is CN(C)c1nc(CN2CCCN(CC(F)F)CC2)ns1. The molecule has 1 aromatic rings. The summed E-state index contributed by atoms with van der Waals surface area (Å²) in [5, 5.41) is 0.897. The van der Waals surface area contributed by atoms with Crippen molar-refractivity contribution in [2.75, 3.05) is 51.7 Å². The summed E-state index contributed by atoms with van der Waals surface area (Å²) in [4.78, 5) is 10.5. The monoisotopic (exact) mass is 305 g/mol. The van der Waals surface area contributed by atoms with Crippen LogP contribution < -0.4 is 4.90 Å². The van der Waals surface area contributed by atoms with Crippen LogP contribution in [0, 0.1) is 0 Å². The minimum atomic E-state index is -2.25. The largest absolute Gasteiger partial charge is 0.353 e. The molecular weight excluding hydrogens is 284 g/mol. The number of hydrogen-bond acceptors (Lipinski definition) is 6. The van der Waals surface area contributed by atoms with Gasteiger partial charge >= 0.3 is 0 Å². The van der Waals surface area contributed by atoms with Gasteiger partial charge in [0.15, 0.2) is 5.82 Å². The highest BCUT2D eigenvalue weighted by Crippen LogP contribution is 2.16. The lowest BCUT2D eigenvalue weighted by Gasteiger charge is -2.20. The van der Waals surface area contributed by atoms with Crippen LogP contribution in [0.25, 0.3) is 0 Å². The predicted octanol–water partition coefficient (Wildman–Crippen LogP) is 1.38. The third-order valence-corrected chi connectivity index (χ3v) is 4.20. The summed E-state index contributed by atoms with van der Waals surface area (Å²) in [5.74, 6) is 0.820. The van der Waals surface area contributed by atoms with Gasteiger partial charge in [0.1, 0.15) is 0 Å². The molecule has 5 nitrogen and oxygen atoms in total. The second kappa shape index (κ2) is 7.24. The Bertz CT molecular complexity index is 412. The Kier molecular flexibility index (Phi) is 5.62. The van der Waals surface area contributed by atoms with E-state index in [2.05, 4.69) is 14.3 Å². The first-order valence-corrected chi connectivity index (χ1v) is 7.54. The first-order valence-electron chi connectivity index (χ1n) is 6.77. The van der Waals surface area contributed by atoms with Crippen LogP contribution >= 0.6 is 11.5 Å². The van der Waals surface area contributed by atoms with Gasteiger partial charge in [-0.25, -0.2) is 13.8 Å². The molecule has 1 fully saturated rings. The van der Waals surface area contributed by atoms with Gasteiger partial charge in [-0.3, -0.25) is 9.80 Å². The van der Waals surface area contributed by atoms with Crippen molar-refractivity contribution >= 4 is 16.7 Å². The topological polar surface area (TPSA) is 35.5 Å². The third-order valence-electron chi connectivity index (χ3n) is 3.28. The van der Waals surface area contributed by atoms with E-state index < -0.39 is 6.43 Å². The maximum atomic E-state index is 12.4. The average molecular weight is 305 g/mol. The zero-order valence-corrected chi connectivity index (χ0v) is 12.7. The van der Waals surface area contributed by atoms with Crippen LogP contribution in [0.4, 0.5) is 13.9 Å². The van der Waals surface area contributed by atoms with Crippen molar-refractivity contribution in [2.24, 2.45) is 0 Å². The van der Waals surface area contributed by atoms with Crippen LogP contribution in [0.1, 0.15) is 12.2 Å². The fourth-order valence-corrected chi connectivity index (χ4v) is 2.85. The molecule has 20 heavy (non-hydrogen) atoms. The molecule has 1 aliphatic rings. The lowest BCUT2D eigenvalue weighted by Crippen LogP contribution is -2.33. The highest BCUT2D eigenvalue weighted by molar-refractivity contribution is 7.09. The molecule has 2 heterocycles. The molecule has 0 atom stereocenters. The molecule has 1 aliphatic heterocycles. The van der Waals surface area contributed by atoms with Gasteiger partial charge < -0.3 is 4.90 Å². The van der Waals surface area contributed by atoms with Gasteiger partial charge in [0.2, 0.25) is 5.13 Å². The Balaban J connectivity index is 1.84. The van der Waals surface area contributed by atoms with Gasteiger partial charge in [-0.1, -0.05) is 0 Å². The standard InChI is InChI=1S/C12H21F2N5S/c1-17(2)12-15-11(16-20-12)9-19-5-3-4-18(6-7-19)8-10(13)14/h10H,3-9H2,1-2H3. The van der Waals surface area contributed by atoms with Crippen molar-refractivity contribution in [1.82, 2.24) is 19.2 Å². The molecule has 0 aliphatic carbocycles. The second-order valence-corrected chi connectivity index (χ2v) is 5.94. The Morgan fingerprint density at radius 2 is 1.90 bits per heavy atom. The minimum absolute atomic E-state index is 0.117. The first-order chi connectivity index (χ1) is 9.54. The Morgan fingerprint density at radius 1 is 1.20 bits per heavy atom. The summed E-state index contributed by atoms with van der Waals surface area (Å²) < 4.78 is 29.1. The fourth-order valence-electron chi connectivity index (χ4n) is 2.25. The van der Waals surface area contributed by atoms with Crippen molar-refractivity contribution < 1.29 is 8.78 Å². The van der Waals surface area contributed by atoms with Crippen LogP contribution in [-0.4, -0.2) is 72.4 Å². The van der Waals surface area contributed by atoms with Crippen molar-refractivity contribution in [1.29, 1.82) is 0 Å². The molecule has 0 unspecified atom stereocenters. The summed E-state index contributed by atoms with van der Waals surface area (Å²) in [6.07, 6.45) is -1.33. The van der Waals surface area contributed by atoms with Gasteiger partial charge in [0.05, 0.1) is 13.1 Å². The molecule has 2 rings (SSSR count). The summed E-state index contributed by atoms with van der Waals surface area (Å²) in [6.45, 7) is 3.73. The van der Waals surface area contributed by atoms with Crippen LogP contribution in [0.5, 0.6) is 0 Å². The Labute approximate surface area is 122 Å². The number of halogens is 2. The predicted molar refractivity (Wildman–Crippen MR) is 76.6 cm³/mol. The van der Waals surface area contributed by atoms with Crippen LogP contribution in [0.15, 0.2) is 0 Å². The van der Waals surface area contributed by atoms with E-state index in [-0.39, 0.29) is 6.54 Å². The molecule has 0 bridgehead atoms. The molecule has 0 radical (unpaired) electrons. The van der Waals surface area contributed by atoms with Gasteiger partial charge in [0.25, 0.3) is 6.43 Å². The number of hydrogen-bond donors (Lipinski definition) is 0. The number of aromatic nitrogens is 2. The molecule has 0 spiro atoms. The van der Waals surface area contributed by atoms with Crippen molar-refractivity contribution in [3.8, 4) is 0 Å². The lowest BCUT2D eigenvalue weighted by atomic mass is 10.4. The van der Waals surface area contributed by atoms with Gasteiger partial charge in [-0.15, -0.1) is 0 Å². The minimum Gasteiger partial charge on any atom is -0.353 e. The van der Waals surface area contributed by atoms with E-state index >= 15 is 0 Å². The molecule has 0 amide bonds. The van der Waals surface area contributed by atoms with E-state index in [9.17, 15) is 8.78 Å². The fraction of sp³-hybridized carbons (Fsp3) is 0.833. The Morgan fingerprint density at radius 3 is 2.55 bits per heavy atom. The maximum absolute atomic E-state index is 12.4.